The Kier molecular flexibility index (Phi) is 2.90. The molecule has 4 atom stereocenters. The summed E-state index contributed by atoms with van der Waals surface area (Å²) in [5.41, 5.74) is 0. The number of β-amino-alcohol motifs (C(OH)–C–C–N with tert-alkyl or cyclic N) is 1. The van der Waals surface area contributed by atoms with E-state index in [1.54, 1.807) is 0 Å². The summed E-state index contributed by atoms with van der Waals surface area (Å²) in [6.45, 7) is -0.206. The Labute approximate surface area is 74.8 Å². The van der Waals surface area contributed by atoms with Gasteiger partial charge in [0.1, 0.15) is 12.2 Å². The van der Waals surface area contributed by atoms with E-state index in [1.165, 1.54) is 0 Å². The van der Waals surface area contributed by atoms with E-state index in [0.717, 1.165) is 0 Å². The van der Waals surface area contributed by atoms with Crippen LogP contribution in [0, 0.1) is 0 Å². The molecule has 1 aliphatic heterocycles. The fraction of sp³-hybridized carbons (Fsp3) is 1.00. The number of nitrogens with one attached hydrogen (secondary N) is 1. The van der Waals surface area contributed by atoms with Crippen LogP contribution in [0.2, 0.25) is 0 Å². The SMILES string of the molecule is O=S(=O)(O)C1NC[C@@H](O)[C@H](O)[C@H]1O. The average molecular weight is 213 g/mol. The molecule has 0 radical (unpaired) electrons. The predicted molar refractivity (Wildman–Crippen MR) is 41.4 cm³/mol. The number of aliphatic hydroxyl groups excluding tert-OH is 3. The number of aliphatic hydroxyl groups is 3. The predicted octanol–water partition coefficient (Wildman–Crippen LogP) is -3.11. The minimum Gasteiger partial charge on any atom is -0.389 e. The lowest BCUT2D eigenvalue weighted by atomic mass is 10.0. The van der Waals surface area contributed by atoms with Crippen molar-refractivity contribution in [2.24, 2.45) is 0 Å². The number of hydrogen-bond donors (Lipinski definition) is 5. The third-order valence-electron chi connectivity index (χ3n) is 1.90. The summed E-state index contributed by atoms with van der Waals surface area (Å²) in [5, 5.41) is 27.7. The van der Waals surface area contributed by atoms with Gasteiger partial charge in [0.15, 0.2) is 5.37 Å². The van der Waals surface area contributed by atoms with Crippen LogP contribution >= 0.6 is 0 Å². The monoisotopic (exact) mass is 213 g/mol. The Hall–Kier alpha value is -0.250. The lowest BCUT2D eigenvalue weighted by Gasteiger charge is -2.33. The van der Waals surface area contributed by atoms with Crippen LogP contribution in [0.5, 0.6) is 0 Å². The first kappa shape index (κ1) is 10.8. The molecule has 0 bridgehead atoms. The summed E-state index contributed by atoms with van der Waals surface area (Å²) in [4.78, 5) is 0. The third kappa shape index (κ3) is 2.16. The molecule has 1 fully saturated rings. The molecule has 0 aliphatic carbocycles. The highest BCUT2D eigenvalue weighted by Gasteiger charge is 2.42. The van der Waals surface area contributed by atoms with Crippen LogP contribution in [0.25, 0.3) is 0 Å². The lowest BCUT2D eigenvalue weighted by Crippen LogP contribution is -2.62. The van der Waals surface area contributed by atoms with E-state index in [4.69, 9.17) is 19.9 Å². The van der Waals surface area contributed by atoms with Crippen LogP contribution in [0.4, 0.5) is 0 Å². The third-order valence-corrected chi connectivity index (χ3v) is 2.99. The molecule has 1 unspecified atom stereocenters. The van der Waals surface area contributed by atoms with E-state index in [1.807, 2.05) is 0 Å². The highest BCUT2D eigenvalue weighted by molar-refractivity contribution is 7.86. The average Bonchev–Trinajstić information content (AvgIpc) is 1.98. The van der Waals surface area contributed by atoms with E-state index in [9.17, 15) is 8.42 Å². The maximum atomic E-state index is 10.6. The van der Waals surface area contributed by atoms with Crippen molar-refractivity contribution in [3.8, 4) is 0 Å². The molecular formula is C5H11NO6S. The summed E-state index contributed by atoms with van der Waals surface area (Å²) in [6.07, 6.45) is -4.56. The normalized spacial score (nSPS) is 41.8. The van der Waals surface area contributed by atoms with Gasteiger partial charge in [-0.1, -0.05) is 0 Å². The fourth-order valence-corrected chi connectivity index (χ4v) is 1.99. The van der Waals surface area contributed by atoms with E-state index >= 15 is 0 Å². The van der Waals surface area contributed by atoms with Crippen LogP contribution in [0.15, 0.2) is 0 Å². The number of hydrogen-bond acceptors (Lipinski definition) is 6. The standard InChI is InChI=1S/C5H11NO6S/c7-2-1-6-5(13(10,11)12)4(9)3(2)8/h2-9H,1H2,(H,10,11,12)/t2-,3+,4-,5?/m1/s1. The summed E-state index contributed by atoms with van der Waals surface area (Å²) < 4.78 is 29.8. The van der Waals surface area contributed by atoms with Gasteiger partial charge in [-0.15, -0.1) is 0 Å². The molecule has 13 heavy (non-hydrogen) atoms. The van der Waals surface area contributed by atoms with E-state index in [0.29, 0.717) is 0 Å². The largest absolute Gasteiger partial charge is 0.389 e. The zero-order valence-electron chi connectivity index (χ0n) is 6.53. The Morgan fingerprint density at radius 1 is 1.15 bits per heavy atom. The minimum absolute atomic E-state index is 0.206. The Morgan fingerprint density at radius 3 is 2.15 bits per heavy atom. The molecule has 8 heteroatoms. The van der Waals surface area contributed by atoms with E-state index in [2.05, 4.69) is 5.32 Å². The van der Waals surface area contributed by atoms with Gasteiger partial charge in [-0.3, -0.25) is 9.87 Å². The highest BCUT2D eigenvalue weighted by Crippen LogP contribution is 2.13. The Bertz CT molecular complexity index is 277. The number of piperidine rings is 1. The molecular weight excluding hydrogens is 202 g/mol. The van der Waals surface area contributed by atoms with Gasteiger partial charge >= 0.3 is 0 Å². The lowest BCUT2D eigenvalue weighted by molar-refractivity contribution is -0.0825. The number of rotatable bonds is 1. The van der Waals surface area contributed by atoms with E-state index < -0.39 is 33.8 Å². The molecule has 0 aromatic heterocycles. The van der Waals surface area contributed by atoms with Crippen LogP contribution in [0.3, 0.4) is 0 Å². The summed E-state index contributed by atoms with van der Waals surface area (Å²) in [5.74, 6) is 0. The van der Waals surface area contributed by atoms with Gasteiger partial charge in [-0.2, -0.15) is 8.42 Å². The molecule has 0 spiro atoms. The van der Waals surface area contributed by atoms with Crippen molar-refractivity contribution in [3.63, 3.8) is 0 Å². The Balaban J connectivity index is 2.82. The second-order valence-corrected chi connectivity index (χ2v) is 4.43. The maximum Gasteiger partial charge on any atom is 0.283 e. The quantitative estimate of drug-likeness (QED) is 0.292. The molecule has 0 amide bonds. The zero-order chi connectivity index (χ0) is 10.2. The van der Waals surface area contributed by atoms with Crippen molar-refractivity contribution >= 4 is 10.1 Å². The molecule has 7 nitrogen and oxygen atoms in total. The molecule has 1 rings (SSSR count). The van der Waals surface area contributed by atoms with Gasteiger partial charge in [0.05, 0.1) is 6.10 Å². The van der Waals surface area contributed by atoms with Crippen molar-refractivity contribution in [3.05, 3.63) is 0 Å². The van der Waals surface area contributed by atoms with Gasteiger partial charge < -0.3 is 15.3 Å². The van der Waals surface area contributed by atoms with Crippen LogP contribution in [-0.4, -0.2) is 58.5 Å². The fourth-order valence-electron chi connectivity index (χ4n) is 1.17. The first-order valence-electron chi connectivity index (χ1n) is 3.58. The molecule has 0 aromatic rings. The first-order valence-corrected chi connectivity index (χ1v) is 5.08. The maximum absolute atomic E-state index is 10.6. The summed E-state index contributed by atoms with van der Waals surface area (Å²) >= 11 is 0. The van der Waals surface area contributed by atoms with Gasteiger partial charge in [0, 0.05) is 6.54 Å². The molecule has 0 aromatic carbocycles. The second-order valence-electron chi connectivity index (χ2n) is 2.89. The second kappa shape index (κ2) is 3.48. The van der Waals surface area contributed by atoms with Crippen molar-refractivity contribution in [2.75, 3.05) is 6.54 Å². The van der Waals surface area contributed by atoms with Crippen molar-refractivity contribution in [1.82, 2.24) is 5.32 Å². The van der Waals surface area contributed by atoms with Crippen molar-refractivity contribution in [1.29, 1.82) is 0 Å². The molecule has 1 aliphatic rings. The minimum atomic E-state index is -4.46. The highest BCUT2D eigenvalue weighted by atomic mass is 32.2. The van der Waals surface area contributed by atoms with Crippen LogP contribution in [-0.2, 0) is 10.1 Å². The summed E-state index contributed by atoms with van der Waals surface area (Å²) in [6, 6.07) is 0. The van der Waals surface area contributed by atoms with Crippen LogP contribution < -0.4 is 5.32 Å². The zero-order valence-corrected chi connectivity index (χ0v) is 7.35. The first-order chi connectivity index (χ1) is 5.84. The molecule has 5 N–H and O–H groups in total. The summed E-state index contributed by atoms with van der Waals surface area (Å²) in [7, 11) is -4.46. The van der Waals surface area contributed by atoms with Gasteiger partial charge in [-0.05, 0) is 0 Å². The smallest absolute Gasteiger partial charge is 0.283 e. The van der Waals surface area contributed by atoms with Crippen molar-refractivity contribution in [2.45, 2.75) is 23.7 Å². The molecule has 0 saturated carbocycles. The van der Waals surface area contributed by atoms with Gasteiger partial charge in [0.25, 0.3) is 10.1 Å². The van der Waals surface area contributed by atoms with Crippen molar-refractivity contribution < 1.29 is 28.3 Å². The van der Waals surface area contributed by atoms with Crippen LogP contribution in [0.1, 0.15) is 0 Å². The van der Waals surface area contributed by atoms with Gasteiger partial charge in [0.2, 0.25) is 0 Å². The van der Waals surface area contributed by atoms with Gasteiger partial charge in [-0.25, -0.2) is 0 Å². The molecule has 1 heterocycles. The molecule has 78 valence electrons. The van der Waals surface area contributed by atoms with E-state index in [-0.39, 0.29) is 6.54 Å². The Morgan fingerprint density at radius 2 is 1.69 bits per heavy atom. The molecule has 1 saturated heterocycles. The topological polar surface area (TPSA) is 127 Å².